The van der Waals surface area contributed by atoms with Gasteiger partial charge in [-0.2, -0.15) is 0 Å². The highest BCUT2D eigenvalue weighted by Crippen LogP contribution is 2.34. The van der Waals surface area contributed by atoms with Crippen LogP contribution in [0.1, 0.15) is 50.8 Å². The summed E-state index contributed by atoms with van der Waals surface area (Å²) in [6.07, 6.45) is 0. The van der Waals surface area contributed by atoms with E-state index in [9.17, 15) is 14.4 Å². The second-order valence-electron chi connectivity index (χ2n) is 7.30. The highest BCUT2D eigenvalue weighted by molar-refractivity contribution is 7.99. The SMILES string of the molecule is CCOC(=O)c1sc(NC(=O)CSc2n[nH]c(COc3ccc(Cl)c(C)c3)n2)c(C(=O)OCC)c1C. The molecular weight excluding hydrogens is 528 g/mol. The van der Waals surface area contributed by atoms with Crippen LogP contribution in [-0.2, 0) is 20.9 Å². The number of thiophene rings is 1. The van der Waals surface area contributed by atoms with Crippen LogP contribution in [0.5, 0.6) is 5.75 Å². The van der Waals surface area contributed by atoms with Gasteiger partial charge in [-0.25, -0.2) is 14.6 Å². The number of hydrogen-bond acceptors (Lipinski definition) is 10. The number of amides is 1. The zero-order chi connectivity index (χ0) is 26.2. The Balaban J connectivity index is 1.61. The summed E-state index contributed by atoms with van der Waals surface area (Å²) in [5, 5.41) is 10.8. The number of nitrogens with zero attached hydrogens (tertiary/aromatic N) is 2. The fourth-order valence-electron chi connectivity index (χ4n) is 3.00. The molecule has 1 aromatic carbocycles. The lowest BCUT2D eigenvalue weighted by molar-refractivity contribution is -0.113. The first-order valence-electron chi connectivity index (χ1n) is 10.9. The quantitative estimate of drug-likeness (QED) is 0.254. The minimum atomic E-state index is -0.626. The first-order valence-corrected chi connectivity index (χ1v) is 13.1. The maximum Gasteiger partial charge on any atom is 0.348 e. The highest BCUT2D eigenvalue weighted by Gasteiger charge is 2.27. The normalized spacial score (nSPS) is 10.7. The van der Waals surface area contributed by atoms with Gasteiger partial charge in [0.25, 0.3) is 0 Å². The number of thioether (sulfide) groups is 1. The highest BCUT2D eigenvalue weighted by atomic mass is 35.5. The van der Waals surface area contributed by atoms with Gasteiger partial charge in [0.05, 0.1) is 24.5 Å². The molecule has 1 amide bonds. The number of anilines is 1. The van der Waals surface area contributed by atoms with Crippen LogP contribution in [0.2, 0.25) is 5.02 Å². The molecular formula is C23H25ClN4O6S2. The molecule has 2 aromatic heterocycles. The Hall–Kier alpha value is -3.09. The van der Waals surface area contributed by atoms with E-state index in [1.165, 1.54) is 0 Å². The predicted octanol–water partition coefficient (Wildman–Crippen LogP) is 4.80. The van der Waals surface area contributed by atoms with Gasteiger partial charge in [-0.15, -0.1) is 16.4 Å². The predicted molar refractivity (Wildman–Crippen MR) is 137 cm³/mol. The molecule has 0 bridgehead atoms. The van der Waals surface area contributed by atoms with Crippen LogP contribution in [0.4, 0.5) is 5.00 Å². The van der Waals surface area contributed by atoms with E-state index in [0.29, 0.717) is 27.3 Å². The number of benzene rings is 1. The molecule has 0 aliphatic carbocycles. The number of aromatic nitrogens is 3. The van der Waals surface area contributed by atoms with E-state index >= 15 is 0 Å². The number of aromatic amines is 1. The molecule has 0 radical (unpaired) electrons. The van der Waals surface area contributed by atoms with Gasteiger partial charge in [0, 0.05) is 5.02 Å². The van der Waals surface area contributed by atoms with Crippen molar-refractivity contribution in [3.05, 3.63) is 50.6 Å². The number of esters is 2. The Kier molecular flexibility index (Phi) is 9.73. The third kappa shape index (κ3) is 6.99. The largest absolute Gasteiger partial charge is 0.486 e. The Labute approximate surface area is 221 Å². The van der Waals surface area contributed by atoms with E-state index in [-0.39, 0.29) is 41.0 Å². The summed E-state index contributed by atoms with van der Waals surface area (Å²) >= 11 is 8.10. The van der Waals surface area contributed by atoms with Gasteiger partial charge >= 0.3 is 11.9 Å². The number of carbonyl (C=O) groups excluding carboxylic acids is 3. The van der Waals surface area contributed by atoms with Crippen molar-refractivity contribution in [1.29, 1.82) is 0 Å². The Morgan fingerprint density at radius 3 is 2.56 bits per heavy atom. The Morgan fingerprint density at radius 1 is 1.14 bits per heavy atom. The monoisotopic (exact) mass is 552 g/mol. The molecule has 13 heteroatoms. The van der Waals surface area contributed by atoms with E-state index in [1.54, 1.807) is 32.9 Å². The van der Waals surface area contributed by atoms with E-state index < -0.39 is 17.8 Å². The lowest BCUT2D eigenvalue weighted by Crippen LogP contribution is -2.16. The molecule has 0 unspecified atom stereocenters. The van der Waals surface area contributed by atoms with Crippen LogP contribution in [0, 0.1) is 13.8 Å². The first-order chi connectivity index (χ1) is 17.2. The van der Waals surface area contributed by atoms with Crippen LogP contribution < -0.4 is 10.1 Å². The average Bonchev–Trinajstić information content (AvgIpc) is 3.42. The summed E-state index contributed by atoms with van der Waals surface area (Å²) in [4.78, 5) is 41.9. The lowest BCUT2D eigenvalue weighted by atomic mass is 10.1. The van der Waals surface area contributed by atoms with Crippen molar-refractivity contribution in [3.63, 3.8) is 0 Å². The van der Waals surface area contributed by atoms with Crippen LogP contribution in [0.15, 0.2) is 23.4 Å². The number of rotatable bonds is 11. The summed E-state index contributed by atoms with van der Waals surface area (Å²) in [6, 6.07) is 5.34. The van der Waals surface area contributed by atoms with Crippen LogP contribution in [-0.4, -0.2) is 52.0 Å². The van der Waals surface area contributed by atoms with Gasteiger partial charge < -0.3 is 19.5 Å². The molecule has 0 aliphatic heterocycles. The maximum atomic E-state index is 12.6. The molecule has 10 nitrogen and oxygen atoms in total. The summed E-state index contributed by atoms with van der Waals surface area (Å²) < 4.78 is 15.8. The summed E-state index contributed by atoms with van der Waals surface area (Å²) in [5.41, 5.74) is 1.43. The minimum Gasteiger partial charge on any atom is -0.486 e. The average molecular weight is 553 g/mol. The summed E-state index contributed by atoms with van der Waals surface area (Å²) in [7, 11) is 0. The number of ether oxygens (including phenoxy) is 3. The molecule has 0 atom stereocenters. The molecule has 0 saturated heterocycles. The van der Waals surface area contributed by atoms with E-state index in [1.807, 2.05) is 13.0 Å². The molecule has 0 aliphatic rings. The lowest BCUT2D eigenvalue weighted by Gasteiger charge is -2.06. The van der Waals surface area contributed by atoms with Gasteiger partial charge in [0.1, 0.15) is 22.2 Å². The minimum absolute atomic E-state index is 0.0253. The summed E-state index contributed by atoms with van der Waals surface area (Å²) in [6.45, 7) is 7.36. The first kappa shape index (κ1) is 27.5. The molecule has 36 heavy (non-hydrogen) atoms. The van der Waals surface area contributed by atoms with E-state index in [2.05, 4.69) is 20.5 Å². The van der Waals surface area contributed by atoms with Crippen molar-refractivity contribution in [2.75, 3.05) is 24.3 Å². The molecule has 0 spiro atoms. The number of nitrogens with one attached hydrogen (secondary N) is 2. The fourth-order valence-corrected chi connectivity index (χ4v) is 4.84. The Bertz CT molecular complexity index is 1260. The third-order valence-electron chi connectivity index (χ3n) is 4.69. The Morgan fingerprint density at radius 2 is 1.86 bits per heavy atom. The van der Waals surface area contributed by atoms with E-state index in [0.717, 1.165) is 28.7 Å². The van der Waals surface area contributed by atoms with Gasteiger partial charge in [-0.1, -0.05) is 23.4 Å². The smallest absolute Gasteiger partial charge is 0.348 e. The summed E-state index contributed by atoms with van der Waals surface area (Å²) in [5.74, 6) is -0.483. The number of H-pyrrole nitrogens is 1. The third-order valence-corrected chi connectivity index (χ3v) is 7.15. The number of halogens is 1. The molecule has 2 heterocycles. The van der Waals surface area contributed by atoms with Crippen molar-refractivity contribution in [3.8, 4) is 5.75 Å². The second kappa shape index (κ2) is 12.7. The van der Waals surface area contributed by atoms with Crippen molar-refractivity contribution in [2.24, 2.45) is 0 Å². The van der Waals surface area contributed by atoms with Crippen LogP contribution in [0.25, 0.3) is 0 Å². The van der Waals surface area contributed by atoms with Crippen molar-refractivity contribution in [1.82, 2.24) is 15.2 Å². The standard InChI is InChI=1S/C23H25ClN4O6S2/c1-5-32-21(30)18-13(4)19(22(31)33-6-2)36-20(18)26-17(29)11-35-23-25-16(27-28-23)10-34-14-7-8-15(24)12(3)9-14/h7-9H,5-6,10-11H2,1-4H3,(H,26,29)(H,25,27,28). The zero-order valence-electron chi connectivity index (χ0n) is 20.1. The fraction of sp³-hybridized carbons (Fsp3) is 0.348. The van der Waals surface area contributed by atoms with Crippen molar-refractivity contribution >= 4 is 57.5 Å². The number of aryl methyl sites for hydroxylation is 1. The van der Waals surface area contributed by atoms with E-state index in [4.69, 9.17) is 25.8 Å². The molecule has 192 valence electrons. The maximum absolute atomic E-state index is 12.6. The number of carbonyl (C=O) groups is 3. The van der Waals surface area contributed by atoms with Crippen molar-refractivity contribution < 1.29 is 28.6 Å². The van der Waals surface area contributed by atoms with Gasteiger partial charge in [-0.05, 0) is 57.0 Å². The van der Waals surface area contributed by atoms with Gasteiger partial charge in [0.15, 0.2) is 5.82 Å². The molecule has 0 fully saturated rings. The topological polar surface area (TPSA) is 132 Å². The van der Waals surface area contributed by atoms with Gasteiger partial charge in [-0.3, -0.25) is 9.89 Å². The molecule has 2 N–H and O–H groups in total. The second-order valence-corrected chi connectivity index (χ2v) is 9.67. The zero-order valence-corrected chi connectivity index (χ0v) is 22.5. The number of hydrogen-bond donors (Lipinski definition) is 2. The molecule has 3 aromatic rings. The molecule has 3 rings (SSSR count). The van der Waals surface area contributed by atoms with Crippen LogP contribution >= 0.6 is 34.7 Å². The van der Waals surface area contributed by atoms with Crippen LogP contribution in [0.3, 0.4) is 0 Å². The van der Waals surface area contributed by atoms with Crippen molar-refractivity contribution in [2.45, 2.75) is 39.5 Å². The molecule has 0 saturated carbocycles. The van der Waals surface area contributed by atoms with Gasteiger partial charge in [0.2, 0.25) is 11.1 Å².